The molecule has 0 bridgehead atoms. The molecule has 0 amide bonds. The van der Waals surface area contributed by atoms with Gasteiger partial charge >= 0.3 is 0 Å². The van der Waals surface area contributed by atoms with Gasteiger partial charge in [-0.15, -0.1) is 0 Å². The van der Waals surface area contributed by atoms with Gasteiger partial charge < -0.3 is 10.1 Å². The Balaban J connectivity index is 1.69. The van der Waals surface area contributed by atoms with E-state index in [2.05, 4.69) is 10.4 Å². The molecular formula is C16H19ClFN3O. The summed E-state index contributed by atoms with van der Waals surface area (Å²) in [6.07, 6.45) is 5.86. The Hall–Kier alpha value is -1.43. The lowest BCUT2D eigenvalue weighted by molar-refractivity contribution is -0.0112. The van der Waals surface area contributed by atoms with Crippen LogP contribution < -0.4 is 5.32 Å². The summed E-state index contributed by atoms with van der Waals surface area (Å²) < 4.78 is 20.8. The molecule has 1 aromatic heterocycles. The largest absolute Gasteiger partial charge is 0.372 e. The number of hydrogen-bond donors (Lipinski definition) is 1. The van der Waals surface area contributed by atoms with Gasteiger partial charge in [-0.2, -0.15) is 5.10 Å². The molecule has 118 valence electrons. The smallest absolute Gasteiger partial charge is 0.124 e. The molecule has 22 heavy (non-hydrogen) atoms. The van der Waals surface area contributed by atoms with Crippen molar-refractivity contribution in [2.24, 2.45) is 7.05 Å². The summed E-state index contributed by atoms with van der Waals surface area (Å²) in [7, 11) is 1.90. The Bertz CT molecular complexity index is 646. The number of halogens is 2. The summed E-state index contributed by atoms with van der Waals surface area (Å²) in [6.45, 7) is 1.35. The molecule has 0 saturated carbocycles. The molecule has 0 spiro atoms. The van der Waals surface area contributed by atoms with Crippen LogP contribution in [0.2, 0.25) is 5.02 Å². The van der Waals surface area contributed by atoms with Crippen molar-refractivity contribution in [3.8, 4) is 0 Å². The lowest BCUT2D eigenvalue weighted by atomic mass is 9.98. The van der Waals surface area contributed by atoms with Gasteiger partial charge in [0.05, 0.1) is 6.20 Å². The van der Waals surface area contributed by atoms with Crippen LogP contribution >= 0.6 is 11.6 Å². The molecule has 0 aliphatic carbocycles. The Labute approximate surface area is 134 Å². The van der Waals surface area contributed by atoms with Crippen molar-refractivity contribution < 1.29 is 9.13 Å². The average Bonchev–Trinajstić information content (AvgIpc) is 2.93. The molecular weight excluding hydrogens is 305 g/mol. The molecule has 1 fully saturated rings. The quantitative estimate of drug-likeness (QED) is 0.939. The van der Waals surface area contributed by atoms with E-state index in [9.17, 15) is 4.39 Å². The molecule has 2 aromatic rings. The Morgan fingerprint density at radius 3 is 3.09 bits per heavy atom. The zero-order valence-electron chi connectivity index (χ0n) is 12.4. The number of rotatable bonds is 4. The van der Waals surface area contributed by atoms with Crippen molar-refractivity contribution in [2.75, 3.05) is 6.61 Å². The summed E-state index contributed by atoms with van der Waals surface area (Å²) in [5.41, 5.74) is 1.96. The normalized spacial score (nSPS) is 22.0. The molecule has 4 nitrogen and oxygen atoms in total. The second kappa shape index (κ2) is 6.77. The number of benzene rings is 1. The van der Waals surface area contributed by atoms with E-state index >= 15 is 0 Å². The number of nitrogens with one attached hydrogen (secondary N) is 1. The van der Waals surface area contributed by atoms with Gasteiger partial charge in [0.1, 0.15) is 11.9 Å². The Morgan fingerprint density at radius 1 is 1.50 bits per heavy atom. The minimum atomic E-state index is -0.317. The van der Waals surface area contributed by atoms with E-state index in [1.54, 1.807) is 10.7 Å². The molecule has 1 saturated heterocycles. The maximum atomic E-state index is 13.1. The molecule has 1 N–H and O–H groups in total. The highest BCUT2D eigenvalue weighted by Crippen LogP contribution is 2.28. The monoisotopic (exact) mass is 323 g/mol. The van der Waals surface area contributed by atoms with E-state index < -0.39 is 0 Å². The molecule has 2 atom stereocenters. The van der Waals surface area contributed by atoms with E-state index in [1.165, 1.54) is 12.1 Å². The predicted octanol–water partition coefficient (Wildman–Crippen LogP) is 3.22. The van der Waals surface area contributed by atoms with Crippen molar-refractivity contribution in [1.82, 2.24) is 15.1 Å². The highest BCUT2D eigenvalue weighted by Gasteiger charge is 2.28. The van der Waals surface area contributed by atoms with Crippen LogP contribution in [-0.4, -0.2) is 22.4 Å². The van der Waals surface area contributed by atoms with Crippen LogP contribution in [0.3, 0.4) is 0 Å². The number of aromatic nitrogens is 2. The van der Waals surface area contributed by atoms with E-state index in [0.717, 1.165) is 30.6 Å². The van der Waals surface area contributed by atoms with Gasteiger partial charge in [-0.25, -0.2) is 4.39 Å². The van der Waals surface area contributed by atoms with Crippen LogP contribution in [0, 0.1) is 5.82 Å². The third-order valence-electron chi connectivity index (χ3n) is 3.95. The number of ether oxygens (including phenoxy) is 1. The second-order valence-corrected chi connectivity index (χ2v) is 6.01. The third kappa shape index (κ3) is 3.48. The van der Waals surface area contributed by atoms with Crippen molar-refractivity contribution in [2.45, 2.75) is 31.5 Å². The maximum absolute atomic E-state index is 13.1. The fraction of sp³-hybridized carbons (Fsp3) is 0.438. The second-order valence-electron chi connectivity index (χ2n) is 5.60. The van der Waals surface area contributed by atoms with Crippen LogP contribution in [0.15, 0.2) is 30.6 Å². The highest BCUT2D eigenvalue weighted by atomic mass is 35.5. The summed E-state index contributed by atoms with van der Waals surface area (Å²) in [5, 5.41) is 8.15. The molecule has 1 aromatic carbocycles. The Morgan fingerprint density at radius 2 is 2.36 bits per heavy atom. The third-order valence-corrected chi connectivity index (χ3v) is 4.30. The first kappa shape index (κ1) is 15.5. The standard InChI is InChI=1S/C16H19ClFN3O/c1-21-10-12(9-20-21)16-15(3-2-6-22-16)19-8-11-4-5-13(18)7-14(11)17/h4-5,7,9-10,15-16,19H,2-3,6,8H2,1H3/t15-,16+/m0/s1. The van der Waals surface area contributed by atoms with Crippen molar-refractivity contribution >= 4 is 11.6 Å². The fourth-order valence-corrected chi connectivity index (χ4v) is 3.05. The van der Waals surface area contributed by atoms with Crippen LogP contribution in [0.25, 0.3) is 0 Å². The topological polar surface area (TPSA) is 39.1 Å². The number of hydrogen-bond acceptors (Lipinski definition) is 3. The van der Waals surface area contributed by atoms with Crippen molar-refractivity contribution in [1.29, 1.82) is 0 Å². The minimum Gasteiger partial charge on any atom is -0.372 e. The van der Waals surface area contributed by atoms with Crippen LogP contribution in [-0.2, 0) is 18.3 Å². The lowest BCUT2D eigenvalue weighted by Gasteiger charge is -2.32. The number of nitrogens with zero attached hydrogens (tertiary/aromatic N) is 2. The zero-order valence-corrected chi connectivity index (χ0v) is 13.2. The maximum Gasteiger partial charge on any atom is 0.124 e. The van der Waals surface area contributed by atoms with Crippen LogP contribution in [0.4, 0.5) is 4.39 Å². The van der Waals surface area contributed by atoms with Crippen LogP contribution in [0.1, 0.15) is 30.1 Å². The summed E-state index contributed by atoms with van der Waals surface area (Å²) >= 11 is 6.08. The average molecular weight is 324 g/mol. The van der Waals surface area contributed by atoms with Gasteiger partial charge in [-0.3, -0.25) is 4.68 Å². The first-order valence-electron chi connectivity index (χ1n) is 7.41. The molecule has 2 heterocycles. The zero-order chi connectivity index (χ0) is 15.5. The van der Waals surface area contributed by atoms with Gasteiger partial charge in [-0.1, -0.05) is 17.7 Å². The molecule has 1 aliphatic heterocycles. The predicted molar refractivity (Wildman–Crippen MR) is 83.2 cm³/mol. The van der Waals surface area contributed by atoms with Crippen LogP contribution in [0.5, 0.6) is 0 Å². The highest BCUT2D eigenvalue weighted by molar-refractivity contribution is 6.31. The van der Waals surface area contributed by atoms with Gasteiger partial charge in [0, 0.05) is 43.0 Å². The molecule has 1 aliphatic rings. The summed E-state index contributed by atoms with van der Waals surface area (Å²) in [6, 6.07) is 4.68. The fourth-order valence-electron chi connectivity index (χ4n) is 2.81. The minimum absolute atomic E-state index is 0.0123. The summed E-state index contributed by atoms with van der Waals surface area (Å²) in [4.78, 5) is 0. The summed E-state index contributed by atoms with van der Waals surface area (Å²) in [5.74, 6) is -0.317. The van der Waals surface area contributed by atoms with Gasteiger partial charge in [-0.05, 0) is 30.5 Å². The van der Waals surface area contributed by atoms with Crippen molar-refractivity contribution in [3.05, 3.63) is 52.6 Å². The SMILES string of the molecule is Cn1cc([C@H]2OCCC[C@@H]2NCc2ccc(F)cc2Cl)cn1. The molecule has 6 heteroatoms. The van der Waals surface area contributed by atoms with E-state index in [-0.39, 0.29) is 18.0 Å². The van der Waals surface area contributed by atoms with Gasteiger partial charge in [0.2, 0.25) is 0 Å². The first-order valence-corrected chi connectivity index (χ1v) is 7.79. The van der Waals surface area contributed by atoms with Gasteiger partial charge in [0.15, 0.2) is 0 Å². The van der Waals surface area contributed by atoms with E-state index in [1.807, 2.05) is 19.4 Å². The molecule has 3 rings (SSSR count). The molecule has 0 radical (unpaired) electrons. The van der Waals surface area contributed by atoms with E-state index in [0.29, 0.717) is 11.6 Å². The van der Waals surface area contributed by atoms with Gasteiger partial charge in [0.25, 0.3) is 0 Å². The number of aryl methyl sites for hydroxylation is 1. The lowest BCUT2D eigenvalue weighted by Crippen LogP contribution is -2.39. The first-order chi connectivity index (χ1) is 10.6. The molecule has 0 unspecified atom stereocenters. The Kier molecular flexibility index (Phi) is 4.76. The van der Waals surface area contributed by atoms with Crippen molar-refractivity contribution in [3.63, 3.8) is 0 Å². The van der Waals surface area contributed by atoms with E-state index in [4.69, 9.17) is 16.3 Å².